The highest BCUT2D eigenvalue weighted by Gasteiger charge is 2.58. The SMILES string of the molecule is CO[C@@]1(C)C[C@@H](NC(=O)CCn2c(C)c(C)sc2=O)C1(C)C. The molecule has 6 heteroatoms. The number of aromatic nitrogens is 1. The van der Waals surface area contributed by atoms with Crippen LogP contribution >= 0.6 is 11.3 Å². The van der Waals surface area contributed by atoms with E-state index in [1.165, 1.54) is 11.3 Å². The zero-order valence-corrected chi connectivity index (χ0v) is 15.1. The van der Waals surface area contributed by atoms with Gasteiger partial charge in [0, 0.05) is 42.1 Å². The molecular weight excluding hydrogens is 300 g/mol. The lowest BCUT2D eigenvalue weighted by Gasteiger charge is -2.59. The summed E-state index contributed by atoms with van der Waals surface area (Å²) >= 11 is 1.24. The number of carbonyl (C=O) groups is 1. The summed E-state index contributed by atoms with van der Waals surface area (Å²) in [4.78, 5) is 25.0. The van der Waals surface area contributed by atoms with Crippen molar-refractivity contribution in [3.8, 4) is 0 Å². The molecule has 1 saturated carbocycles. The smallest absolute Gasteiger partial charge is 0.307 e. The molecule has 0 aliphatic heterocycles. The van der Waals surface area contributed by atoms with Gasteiger partial charge in [-0.2, -0.15) is 0 Å². The zero-order valence-electron chi connectivity index (χ0n) is 14.3. The minimum atomic E-state index is -0.192. The Morgan fingerprint density at radius 3 is 2.50 bits per heavy atom. The van der Waals surface area contributed by atoms with Crippen LogP contribution in [0.15, 0.2) is 4.79 Å². The second-order valence-electron chi connectivity index (χ2n) is 6.89. The van der Waals surface area contributed by atoms with Crippen LogP contribution in [0.25, 0.3) is 0 Å². The number of hydrogen-bond acceptors (Lipinski definition) is 4. The first-order valence-electron chi connectivity index (χ1n) is 7.64. The number of amides is 1. The van der Waals surface area contributed by atoms with Crippen LogP contribution < -0.4 is 10.2 Å². The van der Waals surface area contributed by atoms with Crippen molar-refractivity contribution in [2.75, 3.05) is 7.11 Å². The lowest BCUT2D eigenvalue weighted by molar-refractivity contribution is -0.182. The van der Waals surface area contributed by atoms with Crippen molar-refractivity contribution in [1.29, 1.82) is 0 Å². The van der Waals surface area contributed by atoms with E-state index < -0.39 is 0 Å². The second-order valence-corrected chi connectivity index (χ2v) is 8.06. The molecule has 124 valence electrons. The largest absolute Gasteiger partial charge is 0.378 e. The van der Waals surface area contributed by atoms with Gasteiger partial charge in [0.1, 0.15) is 0 Å². The fraction of sp³-hybridized carbons (Fsp3) is 0.750. The molecule has 5 nitrogen and oxygen atoms in total. The van der Waals surface area contributed by atoms with Crippen LogP contribution in [0.4, 0.5) is 0 Å². The van der Waals surface area contributed by atoms with E-state index in [0.29, 0.717) is 13.0 Å². The number of rotatable bonds is 5. The Kier molecular flexibility index (Phi) is 4.55. The number of nitrogens with one attached hydrogen (secondary N) is 1. The first-order chi connectivity index (χ1) is 10.1. The van der Waals surface area contributed by atoms with Gasteiger partial charge in [-0.1, -0.05) is 25.2 Å². The predicted octanol–water partition coefficient (Wildman–Crippen LogP) is 2.24. The molecule has 1 fully saturated rings. The van der Waals surface area contributed by atoms with Crippen LogP contribution in [0.5, 0.6) is 0 Å². The molecule has 1 amide bonds. The number of ether oxygens (including phenoxy) is 1. The van der Waals surface area contributed by atoms with Gasteiger partial charge in [-0.3, -0.25) is 9.59 Å². The molecular formula is C16H26N2O3S. The molecule has 1 aromatic heterocycles. The highest BCUT2D eigenvalue weighted by Crippen LogP contribution is 2.51. The Morgan fingerprint density at radius 1 is 1.41 bits per heavy atom. The third kappa shape index (κ3) is 2.74. The Labute approximate surface area is 135 Å². The highest BCUT2D eigenvalue weighted by atomic mass is 32.1. The topological polar surface area (TPSA) is 60.3 Å². The van der Waals surface area contributed by atoms with Gasteiger partial charge in [-0.05, 0) is 27.2 Å². The number of nitrogens with zero attached hydrogens (tertiary/aromatic N) is 1. The van der Waals surface area contributed by atoms with Crippen LogP contribution in [-0.2, 0) is 16.1 Å². The van der Waals surface area contributed by atoms with Crippen LogP contribution in [0, 0.1) is 19.3 Å². The molecule has 0 spiro atoms. The lowest BCUT2D eigenvalue weighted by Crippen LogP contribution is -2.68. The van der Waals surface area contributed by atoms with Gasteiger partial charge in [0.15, 0.2) is 0 Å². The predicted molar refractivity (Wildman–Crippen MR) is 88.4 cm³/mol. The van der Waals surface area contributed by atoms with E-state index in [1.807, 2.05) is 13.8 Å². The van der Waals surface area contributed by atoms with Gasteiger partial charge in [0.2, 0.25) is 5.91 Å². The van der Waals surface area contributed by atoms with Crippen molar-refractivity contribution in [1.82, 2.24) is 9.88 Å². The van der Waals surface area contributed by atoms with Gasteiger partial charge in [-0.15, -0.1) is 0 Å². The maximum absolute atomic E-state index is 12.2. The molecule has 22 heavy (non-hydrogen) atoms. The summed E-state index contributed by atoms with van der Waals surface area (Å²) in [5.74, 6) is -0.00798. The van der Waals surface area contributed by atoms with E-state index >= 15 is 0 Å². The Bertz CT molecular complexity index is 632. The number of hydrogen-bond donors (Lipinski definition) is 1. The normalized spacial score (nSPS) is 26.5. The summed E-state index contributed by atoms with van der Waals surface area (Å²) in [7, 11) is 1.72. The summed E-state index contributed by atoms with van der Waals surface area (Å²) in [6.45, 7) is 10.6. The quantitative estimate of drug-likeness (QED) is 0.903. The van der Waals surface area contributed by atoms with E-state index in [4.69, 9.17) is 4.74 Å². The number of carbonyl (C=O) groups excluding carboxylic acids is 1. The number of aryl methyl sites for hydroxylation is 1. The molecule has 0 radical (unpaired) electrons. The molecule has 1 N–H and O–H groups in total. The lowest BCUT2D eigenvalue weighted by atomic mass is 9.56. The summed E-state index contributed by atoms with van der Waals surface area (Å²) in [5.41, 5.74) is 0.672. The number of methoxy groups -OCH3 is 1. The molecule has 2 rings (SSSR count). The average molecular weight is 326 g/mol. The van der Waals surface area contributed by atoms with Crippen molar-refractivity contribution in [2.24, 2.45) is 5.41 Å². The zero-order chi connectivity index (χ0) is 16.7. The van der Waals surface area contributed by atoms with Gasteiger partial charge in [0.25, 0.3) is 0 Å². The van der Waals surface area contributed by atoms with Crippen molar-refractivity contribution in [3.63, 3.8) is 0 Å². The van der Waals surface area contributed by atoms with E-state index in [9.17, 15) is 9.59 Å². The van der Waals surface area contributed by atoms with Crippen LogP contribution in [-0.4, -0.2) is 29.2 Å². The molecule has 1 heterocycles. The minimum absolute atomic E-state index is 0.00798. The van der Waals surface area contributed by atoms with Crippen molar-refractivity contribution in [3.05, 3.63) is 20.2 Å². The molecule has 1 aromatic rings. The molecule has 0 bridgehead atoms. The molecule has 1 aliphatic rings. The molecule has 0 saturated heterocycles. The van der Waals surface area contributed by atoms with Crippen LogP contribution in [0.1, 0.15) is 44.2 Å². The number of thiazole rings is 1. The maximum atomic E-state index is 12.2. The standard InChI is InChI=1S/C16H26N2O3S/c1-10-11(2)22-14(20)18(10)8-7-13(19)17-12-9-16(5,21-6)15(12,3)4/h12H,7-9H2,1-6H3,(H,17,19)/t12-,16+/m1/s1. The molecule has 0 unspecified atom stereocenters. The Morgan fingerprint density at radius 2 is 2.05 bits per heavy atom. The Hall–Kier alpha value is -1.14. The summed E-state index contributed by atoms with van der Waals surface area (Å²) < 4.78 is 7.25. The average Bonchev–Trinajstić information content (AvgIpc) is 2.69. The fourth-order valence-corrected chi connectivity index (χ4v) is 3.91. The van der Waals surface area contributed by atoms with Crippen molar-refractivity contribution in [2.45, 2.75) is 65.6 Å². The van der Waals surface area contributed by atoms with E-state index in [-0.39, 0.29) is 27.8 Å². The van der Waals surface area contributed by atoms with E-state index in [2.05, 4.69) is 26.1 Å². The highest BCUT2D eigenvalue weighted by molar-refractivity contribution is 7.09. The fourth-order valence-electron chi connectivity index (χ4n) is 3.05. The summed E-state index contributed by atoms with van der Waals surface area (Å²) in [6.07, 6.45) is 1.14. The van der Waals surface area contributed by atoms with Crippen molar-refractivity contribution < 1.29 is 9.53 Å². The van der Waals surface area contributed by atoms with Crippen molar-refractivity contribution >= 4 is 17.2 Å². The van der Waals surface area contributed by atoms with Crippen LogP contribution in [0.3, 0.4) is 0 Å². The third-order valence-electron chi connectivity index (χ3n) is 5.55. The summed E-state index contributed by atoms with van der Waals surface area (Å²) in [5, 5.41) is 3.08. The molecule has 1 aliphatic carbocycles. The second kappa shape index (κ2) is 5.81. The van der Waals surface area contributed by atoms with Gasteiger partial charge in [0.05, 0.1) is 5.60 Å². The molecule has 0 aromatic carbocycles. The Balaban J connectivity index is 1.91. The maximum Gasteiger partial charge on any atom is 0.307 e. The minimum Gasteiger partial charge on any atom is -0.378 e. The van der Waals surface area contributed by atoms with E-state index in [0.717, 1.165) is 17.0 Å². The first-order valence-corrected chi connectivity index (χ1v) is 8.45. The molecule has 2 atom stereocenters. The van der Waals surface area contributed by atoms with E-state index in [1.54, 1.807) is 11.7 Å². The van der Waals surface area contributed by atoms with Gasteiger partial charge >= 0.3 is 4.87 Å². The van der Waals surface area contributed by atoms with Gasteiger partial charge in [-0.25, -0.2) is 0 Å². The summed E-state index contributed by atoms with van der Waals surface area (Å²) in [6, 6.07) is 0.118. The first kappa shape index (κ1) is 17.2. The van der Waals surface area contributed by atoms with Crippen LogP contribution in [0.2, 0.25) is 0 Å². The third-order valence-corrected chi connectivity index (χ3v) is 6.55. The van der Waals surface area contributed by atoms with Gasteiger partial charge < -0.3 is 14.6 Å². The monoisotopic (exact) mass is 326 g/mol.